The molecular formula is C19H22N4O2. The van der Waals surface area contributed by atoms with Gasteiger partial charge in [-0.2, -0.15) is 5.10 Å². The summed E-state index contributed by atoms with van der Waals surface area (Å²) in [6, 6.07) is 6.04. The Morgan fingerprint density at radius 2 is 2.04 bits per heavy atom. The lowest BCUT2D eigenvalue weighted by Crippen LogP contribution is -2.38. The molecule has 1 N–H and O–H groups in total. The number of ether oxygens (including phenoxy) is 1. The number of aromatic nitrogens is 1. The molecular weight excluding hydrogens is 316 g/mol. The van der Waals surface area contributed by atoms with E-state index in [4.69, 9.17) is 4.74 Å². The molecule has 0 radical (unpaired) electrons. The Bertz CT molecular complexity index is 877. The van der Waals surface area contributed by atoms with Gasteiger partial charge in [-0.15, -0.1) is 0 Å². The number of hydrazone groups is 1. The predicted octanol–water partition coefficient (Wildman–Crippen LogP) is 1.76. The van der Waals surface area contributed by atoms with E-state index in [1.54, 1.807) is 0 Å². The zero-order valence-corrected chi connectivity index (χ0v) is 14.3. The molecule has 5 rings (SSSR count). The number of nitrogens with zero attached hydrogens (tertiary/aromatic N) is 3. The third-order valence-electron chi connectivity index (χ3n) is 5.59. The van der Waals surface area contributed by atoms with Crippen molar-refractivity contribution in [2.45, 2.75) is 25.8 Å². The third-order valence-corrected chi connectivity index (χ3v) is 5.59. The summed E-state index contributed by atoms with van der Waals surface area (Å²) in [5.74, 6) is -0.0966. The maximum atomic E-state index is 12.5. The van der Waals surface area contributed by atoms with Gasteiger partial charge in [0.25, 0.3) is 5.91 Å². The Labute approximate surface area is 146 Å². The van der Waals surface area contributed by atoms with Crippen molar-refractivity contribution < 1.29 is 9.53 Å². The fraction of sp³-hybridized carbons (Fsp3) is 0.474. The first-order valence-electron chi connectivity index (χ1n) is 9.14. The van der Waals surface area contributed by atoms with Crippen LogP contribution in [0.1, 0.15) is 34.5 Å². The maximum Gasteiger partial charge on any atom is 0.272 e. The molecule has 1 fully saturated rings. The summed E-state index contributed by atoms with van der Waals surface area (Å²) >= 11 is 0. The molecule has 130 valence electrons. The van der Waals surface area contributed by atoms with E-state index in [0.29, 0.717) is 0 Å². The van der Waals surface area contributed by atoms with Crippen molar-refractivity contribution in [2.75, 3.05) is 32.8 Å². The van der Waals surface area contributed by atoms with E-state index in [0.717, 1.165) is 75.3 Å². The van der Waals surface area contributed by atoms with E-state index >= 15 is 0 Å². The maximum absolute atomic E-state index is 12.5. The Morgan fingerprint density at radius 3 is 2.92 bits per heavy atom. The van der Waals surface area contributed by atoms with Crippen LogP contribution in [0, 0.1) is 0 Å². The van der Waals surface area contributed by atoms with Gasteiger partial charge in [-0.25, -0.2) is 5.43 Å². The lowest BCUT2D eigenvalue weighted by atomic mass is 9.92. The molecule has 6 heteroatoms. The van der Waals surface area contributed by atoms with Crippen molar-refractivity contribution >= 4 is 22.5 Å². The monoisotopic (exact) mass is 338 g/mol. The molecule has 2 aliphatic heterocycles. The minimum Gasteiger partial charge on any atom is -0.379 e. The minimum absolute atomic E-state index is 0.0966. The van der Waals surface area contributed by atoms with E-state index in [1.807, 2.05) is 12.1 Å². The van der Waals surface area contributed by atoms with Gasteiger partial charge in [0.1, 0.15) is 0 Å². The first-order valence-corrected chi connectivity index (χ1v) is 9.14. The Kier molecular flexibility index (Phi) is 3.60. The summed E-state index contributed by atoms with van der Waals surface area (Å²) in [5, 5.41) is 5.51. The lowest BCUT2D eigenvalue weighted by Gasteiger charge is -2.27. The number of morpholine rings is 1. The zero-order valence-electron chi connectivity index (χ0n) is 14.3. The highest BCUT2D eigenvalue weighted by Gasteiger charge is 2.29. The second-order valence-electron chi connectivity index (χ2n) is 6.98. The highest BCUT2D eigenvalue weighted by Crippen LogP contribution is 2.35. The van der Waals surface area contributed by atoms with Crippen molar-refractivity contribution in [1.82, 2.24) is 14.9 Å². The van der Waals surface area contributed by atoms with Crippen LogP contribution in [0.4, 0.5) is 0 Å². The quantitative estimate of drug-likeness (QED) is 0.928. The summed E-state index contributed by atoms with van der Waals surface area (Å²) in [5.41, 5.74) is 8.23. The fourth-order valence-corrected chi connectivity index (χ4v) is 4.37. The van der Waals surface area contributed by atoms with Gasteiger partial charge < -0.3 is 9.30 Å². The van der Waals surface area contributed by atoms with Crippen molar-refractivity contribution in [2.24, 2.45) is 5.10 Å². The second kappa shape index (κ2) is 5.97. The number of carbonyl (C=O) groups is 1. The fourth-order valence-electron chi connectivity index (χ4n) is 4.37. The molecule has 3 heterocycles. The predicted molar refractivity (Wildman–Crippen MR) is 96.1 cm³/mol. The first kappa shape index (κ1) is 15.1. The van der Waals surface area contributed by atoms with Crippen LogP contribution in [0.2, 0.25) is 0 Å². The van der Waals surface area contributed by atoms with Gasteiger partial charge in [-0.05, 0) is 31.4 Å². The number of hydrogen-bond acceptors (Lipinski definition) is 4. The van der Waals surface area contributed by atoms with E-state index in [-0.39, 0.29) is 5.91 Å². The minimum atomic E-state index is -0.0966. The average molecular weight is 338 g/mol. The average Bonchev–Trinajstić information content (AvgIpc) is 2.91. The van der Waals surface area contributed by atoms with Gasteiger partial charge >= 0.3 is 0 Å². The van der Waals surface area contributed by atoms with Crippen LogP contribution in [0.15, 0.2) is 23.3 Å². The summed E-state index contributed by atoms with van der Waals surface area (Å²) in [7, 11) is 0. The van der Waals surface area contributed by atoms with Crippen molar-refractivity contribution in [3.05, 3.63) is 35.0 Å². The molecule has 0 saturated carbocycles. The normalized spacial score (nSPS) is 20.3. The van der Waals surface area contributed by atoms with Crippen LogP contribution < -0.4 is 5.43 Å². The van der Waals surface area contributed by atoms with E-state index in [2.05, 4.69) is 26.1 Å². The standard InChI is InChI=1S/C19H22N4O2/c24-19-13-3-1-5-15-17(13)18-14(20-21-19)4-2-6-16(18)23(15)8-7-22-9-11-25-12-10-22/h1,3,5H,2,4,6-12H2,(H,21,24). The molecule has 1 aromatic heterocycles. The number of rotatable bonds is 3. The smallest absolute Gasteiger partial charge is 0.272 e. The number of hydrogen-bond donors (Lipinski definition) is 1. The number of benzene rings is 1. The van der Waals surface area contributed by atoms with Crippen LogP contribution in [0.25, 0.3) is 10.9 Å². The van der Waals surface area contributed by atoms with Gasteiger partial charge in [-0.1, -0.05) is 6.07 Å². The van der Waals surface area contributed by atoms with Crippen LogP contribution >= 0.6 is 0 Å². The summed E-state index contributed by atoms with van der Waals surface area (Å²) in [6.07, 6.45) is 3.08. The summed E-state index contributed by atoms with van der Waals surface area (Å²) < 4.78 is 7.88. The molecule has 0 atom stereocenters. The second-order valence-corrected chi connectivity index (χ2v) is 6.98. The summed E-state index contributed by atoms with van der Waals surface area (Å²) in [6.45, 7) is 5.62. The van der Waals surface area contributed by atoms with Crippen LogP contribution in [0.3, 0.4) is 0 Å². The van der Waals surface area contributed by atoms with Gasteiger partial charge in [-0.3, -0.25) is 9.69 Å². The largest absolute Gasteiger partial charge is 0.379 e. The first-order chi connectivity index (χ1) is 12.3. The van der Waals surface area contributed by atoms with Crippen molar-refractivity contribution in [3.63, 3.8) is 0 Å². The number of carbonyl (C=O) groups excluding carboxylic acids is 1. The molecule has 1 aliphatic carbocycles. The molecule has 6 nitrogen and oxygen atoms in total. The SMILES string of the molecule is O=C1NN=C2CCCc3c2c2c1cccc2n3CCN1CCOCC1. The van der Waals surface area contributed by atoms with E-state index in [1.165, 1.54) is 16.8 Å². The van der Waals surface area contributed by atoms with Crippen LogP contribution in [-0.2, 0) is 17.7 Å². The Balaban J connectivity index is 1.61. The summed E-state index contributed by atoms with van der Waals surface area (Å²) in [4.78, 5) is 14.9. The highest BCUT2D eigenvalue weighted by atomic mass is 16.5. The van der Waals surface area contributed by atoms with Crippen molar-refractivity contribution in [3.8, 4) is 0 Å². The van der Waals surface area contributed by atoms with Crippen LogP contribution in [-0.4, -0.2) is 53.9 Å². The number of amides is 1. The Morgan fingerprint density at radius 1 is 1.16 bits per heavy atom. The molecule has 1 saturated heterocycles. The van der Waals surface area contributed by atoms with Gasteiger partial charge in [0, 0.05) is 48.3 Å². The molecule has 0 spiro atoms. The topological polar surface area (TPSA) is 58.9 Å². The molecule has 0 unspecified atom stereocenters. The molecule has 2 aromatic rings. The van der Waals surface area contributed by atoms with E-state index in [9.17, 15) is 4.79 Å². The number of nitrogens with one attached hydrogen (secondary N) is 1. The molecule has 1 amide bonds. The van der Waals surface area contributed by atoms with E-state index < -0.39 is 0 Å². The third kappa shape index (κ3) is 2.40. The molecule has 3 aliphatic rings. The van der Waals surface area contributed by atoms with Crippen LogP contribution in [0.5, 0.6) is 0 Å². The molecule has 25 heavy (non-hydrogen) atoms. The zero-order chi connectivity index (χ0) is 16.8. The molecule has 0 bridgehead atoms. The van der Waals surface area contributed by atoms with Gasteiger partial charge in [0.2, 0.25) is 0 Å². The van der Waals surface area contributed by atoms with Gasteiger partial charge in [0.05, 0.1) is 24.5 Å². The lowest BCUT2D eigenvalue weighted by molar-refractivity contribution is 0.0364. The van der Waals surface area contributed by atoms with Crippen molar-refractivity contribution in [1.29, 1.82) is 0 Å². The Hall–Kier alpha value is -2.18. The van der Waals surface area contributed by atoms with Gasteiger partial charge in [0.15, 0.2) is 0 Å². The molecule has 1 aromatic carbocycles. The highest BCUT2D eigenvalue weighted by molar-refractivity contribution is 6.20.